The molecule has 2 aromatic rings. The van der Waals surface area contributed by atoms with Gasteiger partial charge in [-0.05, 0) is 70.7 Å². The summed E-state index contributed by atoms with van der Waals surface area (Å²) in [6, 6.07) is 15.5. The molecule has 0 bridgehead atoms. The molecule has 0 fully saturated rings. The molecule has 1 heterocycles. The van der Waals surface area contributed by atoms with Crippen LogP contribution in [0.5, 0.6) is 0 Å². The van der Waals surface area contributed by atoms with Gasteiger partial charge < -0.3 is 10.4 Å². The molecule has 0 radical (unpaired) electrons. The van der Waals surface area contributed by atoms with Crippen LogP contribution in [0.3, 0.4) is 0 Å². The van der Waals surface area contributed by atoms with Gasteiger partial charge in [-0.25, -0.2) is 0 Å². The zero-order valence-electron chi connectivity index (χ0n) is 24.5. The van der Waals surface area contributed by atoms with Crippen molar-refractivity contribution < 1.29 is 5.11 Å². The van der Waals surface area contributed by atoms with Crippen LogP contribution in [-0.2, 0) is 24.8 Å². The second-order valence-electron chi connectivity index (χ2n) is 10.1. The zero-order chi connectivity index (χ0) is 26.9. The Balaban J connectivity index is 0.000000580. The number of aliphatic hydroxyl groups excluding tert-OH is 1. The topological polar surface area (TPSA) is 32.3 Å². The van der Waals surface area contributed by atoms with Crippen molar-refractivity contribution in [3.05, 3.63) is 76.5 Å². The quantitative estimate of drug-likeness (QED) is 0.413. The Bertz CT molecular complexity index is 831. The lowest BCUT2D eigenvalue weighted by molar-refractivity contribution is 0.164. The Labute approximate surface area is 218 Å². The molecule has 2 heteroatoms. The SMILES string of the molecule is CC.CC.CCC(C)Cc1cccc(C(C)(C)C)c1.CCCC(O)Cc1ccc2c(c1)C=CNC2. The summed E-state index contributed by atoms with van der Waals surface area (Å²) < 4.78 is 0. The van der Waals surface area contributed by atoms with E-state index in [-0.39, 0.29) is 11.5 Å². The van der Waals surface area contributed by atoms with Crippen molar-refractivity contribution >= 4 is 6.08 Å². The molecule has 2 unspecified atom stereocenters. The summed E-state index contributed by atoms with van der Waals surface area (Å²) >= 11 is 0. The predicted molar refractivity (Wildman–Crippen MR) is 158 cm³/mol. The molecule has 2 atom stereocenters. The van der Waals surface area contributed by atoms with Gasteiger partial charge in [-0.2, -0.15) is 0 Å². The fourth-order valence-electron chi connectivity index (χ4n) is 3.82. The van der Waals surface area contributed by atoms with Gasteiger partial charge in [0.1, 0.15) is 0 Å². The maximum absolute atomic E-state index is 9.78. The predicted octanol–water partition coefficient (Wildman–Crippen LogP) is 9.09. The van der Waals surface area contributed by atoms with Crippen LogP contribution in [0.1, 0.15) is 116 Å². The Kier molecular flexibility index (Phi) is 17.2. The molecule has 0 aromatic heterocycles. The minimum atomic E-state index is -0.200. The van der Waals surface area contributed by atoms with Crippen molar-refractivity contribution in [3.8, 4) is 0 Å². The fraction of sp³-hybridized carbons (Fsp3) is 0.576. The number of hydrogen-bond donors (Lipinski definition) is 2. The first kappa shape index (κ1) is 32.9. The van der Waals surface area contributed by atoms with Crippen LogP contribution in [-0.4, -0.2) is 11.2 Å². The zero-order valence-corrected chi connectivity index (χ0v) is 24.5. The maximum Gasteiger partial charge on any atom is 0.0580 e. The van der Waals surface area contributed by atoms with Crippen molar-refractivity contribution in [2.45, 2.75) is 119 Å². The van der Waals surface area contributed by atoms with E-state index in [0.717, 1.165) is 31.7 Å². The first-order valence-electron chi connectivity index (χ1n) is 14.0. The summed E-state index contributed by atoms with van der Waals surface area (Å²) in [7, 11) is 0. The van der Waals surface area contributed by atoms with Crippen molar-refractivity contribution in [1.29, 1.82) is 0 Å². The normalized spacial score (nSPS) is 13.3. The standard InChI is InChI=1S/C15H24.C14H19NO.2C2H6/c1-6-12(2)10-13-8-7-9-14(11-13)15(3,4)5;1-2-3-14(16)9-11-4-5-13-10-15-7-6-12(13)8-11;2*1-2/h7-9,11-12H,6,10H2,1-5H3;4-8,14-16H,2-3,9-10H2,1H3;2*1-2H3. The first-order chi connectivity index (χ1) is 16.7. The molecule has 0 spiro atoms. The van der Waals surface area contributed by atoms with Crippen molar-refractivity contribution in [3.63, 3.8) is 0 Å². The minimum Gasteiger partial charge on any atom is -0.393 e. The van der Waals surface area contributed by atoms with Gasteiger partial charge in [-0.1, -0.05) is 125 Å². The number of rotatable bonds is 7. The lowest BCUT2D eigenvalue weighted by Gasteiger charge is -2.20. The Morgan fingerprint density at radius 1 is 0.914 bits per heavy atom. The second kappa shape index (κ2) is 18.2. The summed E-state index contributed by atoms with van der Waals surface area (Å²) in [5, 5.41) is 13.0. The first-order valence-corrected chi connectivity index (χ1v) is 14.0. The van der Waals surface area contributed by atoms with Gasteiger partial charge in [-0.15, -0.1) is 0 Å². The van der Waals surface area contributed by atoms with E-state index in [0.29, 0.717) is 0 Å². The minimum absolute atomic E-state index is 0.200. The number of benzene rings is 2. The highest BCUT2D eigenvalue weighted by atomic mass is 16.3. The molecule has 2 N–H and O–H groups in total. The number of fused-ring (bicyclic) bond motifs is 1. The average Bonchev–Trinajstić information content (AvgIpc) is 2.86. The largest absolute Gasteiger partial charge is 0.393 e. The molecule has 1 aliphatic rings. The van der Waals surface area contributed by atoms with Crippen molar-refractivity contribution in [1.82, 2.24) is 5.32 Å². The van der Waals surface area contributed by atoms with E-state index in [1.807, 2.05) is 33.9 Å². The van der Waals surface area contributed by atoms with Crippen LogP contribution in [0.15, 0.2) is 48.7 Å². The summed E-state index contributed by atoms with van der Waals surface area (Å²) in [6.07, 6.45) is 9.03. The molecule has 2 aromatic carbocycles. The molecule has 198 valence electrons. The third-order valence-electron chi connectivity index (χ3n) is 6.05. The average molecular weight is 482 g/mol. The monoisotopic (exact) mass is 481 g/mol. The van der Waals surface area contributed by atoms with E-state index in [1.54, 1.807) is 0 Å². The van der Waals surface area contributed by atoms with Crippen molar-refractivity contribution in [2.24, 2.45) is 5.92 Å². The molecule has 0 amide bonds. The van der Waals surface area contributed by atoms with Crippen LogP contribution in [0, 0.1) is 5.92 Å². The summed E-state index contributed by atoms with van der Waals surface area (Å²) in [5.74, 6) is 0.792. The van der Waals surface area contributed by atoms with Gasteiger partial charge >= 0.3 is 0 Å². The van der Waals surface area contributed by atoms with Gasteiger partial charge in [0.15, 0.2) is 0 Å². The Morgan fingerprint density at radius 2 is 1.57 bits per heavy atom. The molecule has 2 nitrogen and oxygen atoms in total. The van der Waals surface area contributed by atoms with Gasteiger partial charge in [0.05, 0.1) is 6.10 Å². The van der Waals surface area contributed by atoms with E-state index >= 15 is 0 Å². The molecule has 1 aliphatic heterocycles. The van der Waals surface area contributed by atoms with Gasteiger partial charge in [0.25, 0.3) is 0 Å². The van der Waals surface area contributed by atoms with Gasteiger partial charge in [-0.3, -0.25) is 0 Å². The smallest absolute Gasteiger partial charge is 0.0580 e. The lowest BCUT2D eigenvalue weighted by Crippen LogP contribution is -2.12. The third kappa shape index (κ3) is 13.0. The highest BCUT2D eigenvalue weighted by Gasteiger charge is 2.14. The van der Waals surface area contributed by atoms with Gasteiger partial charge in [0, 0.05) is 6.54 Å². The van der Waals surface area contributed by atoms with Crippen LogP contribution in [0.4, 0.5) is 0 Å². The second-order valence-corrected chi connectivity index (χ2v) is 10.1. The highest BCUT2D eigenvalue weighted by molar-refractivity contribution is 5.56. The van der Waals surface area contributed by atoms with Gasteiger partial charge in [0.2, 0.25) is 0 Å². The van der Waals surface area contributed by atoms with E-state index < -0.39 is 0 Å². The Hall–Kier alpha value is -2.06. The number of aliphatic hydroxyl groups is 1. The van der Waals surface area contributed by atoms with Crippen LogP contribution < -0.4 is 5.32 Å². The molecule has 0 saturated heterocycles. The number of nitrogens with one attached hydrogen (secondary N) is 1. The summed E-state index contributed by atoms with van der Waals surface area (Å²) in [6.45, 7) is 22.4. The molecule has 0 aliphatic carbocycles. The van der Waals surface area contributed by atoms with E-state index in [9.17, 15) is 5.11 Å². The fourth-order valence-corrected chi connectivity index (χ4v) is 3.82. The van der Waals surface area contributed by atoms with Crippen LogP contribution >= 0.6 is 0 Å². The van der Waals surface area contributed by atoms with Crippen LogP contribution in [0.25, 0.3) is 6.08 Å². The molecule has 3 rings (SSSR count). The van der Waals surface area contributed by atoms with E-state index in [1.165, 1.54) is 40.7 Å². The van der Waals surface area contributed by atoms with E-state index in [4.69, 9.17) is 0 Å². The molecular weight excluding hydrogens is 426 g/mol. The molecular formula is C33H55NO. The molecule has 35 heavy (non-hydrogen) atoms. The Morgan fingerprint density at radius 3 is 2.17 bits per heavy atom. The summed E-state index contributed by atoms with van der Waals surface area (Å²) in [4.78, 5) is 0. The highest BCUT2D eigenvalue weighted by Crippen LogP contribution is 2.24. The van der Waals surface area contributed by atoms with E-state index in [2.05, 4.69) is 95.4 Å². The lowest BCUT2D eigenvalue weighted by atomic mass is 9.85. The van der Waals surface area contributed by atoms with Crippen LogP contribution in [0.2, 0.25) is 0 Å². The maximum atomic E-state index is 9.78. The van der Waals surface area contributed by atoms with Crippen molar-refractivity contribution in [2.75, 3.05) is 0 Å². The number of hydrogen-bond acceptors (Lipinski definition) is 2. The molecule has 0 saturated carbocycles. The summed E-state index contributed by atoms with van der Waals surface area (Å²) in [5.41, 5.74) is 7.04. The third-order valence-corrected chi connectivity index (χ3v) is 6.05.